The van der Waals surface area contributed by atoms with Gasteiger partial charge in [0.05, 0.1) is 5.39 Å². The largest absolute Gasteiger partial charge is 0.353 e. The molecule has 0 amide bonds. The van der Waals surface area contributed by atoms with E-state index in [1.54, 1.807) is 11.3 Å². The minimum Gasteiger partial charge on any atom is -0.353 e. The van der Waals surface area contributed by atoms with Gasteiger partial charge in [-0.25, -0.2) is 10.8 Å². The second-order valence-electron chi connectivity index (χ2n) is 5.72. The lowest BCUT2D eigenvalue weighted by molar-refractivity contribution is 0.433. The number of anilines is 2. The first-order chi connectivity index (χ1) is 10.2. The Kier molecular flexibility index (Phi) is 4.26. The summed E-state index contributed by atoms with van der Waals surface area (Å²) in [6.07, 6.45) is 6.24. The van der Waals surface area contributed by atoms with E-state index >= 15 is 0 Å². The number of thiophene rings is 1. The molecule has 0 spiro atoms. The lowest BCUT2D eigenvalue weighted by atomic mass is 9.98. The van der Waals surface area contributed by atoms with Gasteiger partial charge in [0.1, 0.15) is 10.6 Å². The molecule has 1 aliphatic heterocycles. The highest BCUT2D eigenvalue weighted by atomic mass is 32.1. The second-order valence-corrected chi connectivity index (χ2v) is 6.96. The fourth-order valence-electron chi connectivity index (χ4n) is 3.22. The molecule has 1 aliphatic rings. The van der Waals surface area contributed by atoms with Gasteiger partial charge < -0.3 is 4.90 Å². The van der Waals surface area contributed by atoms with Crippen molar-refractivity contribution >= 4 is 33.3 Å². The first-order valence-electron chi connectivity index (χ1n) is 7.74. The van der Waals surface area contributed by atoms with Crippen molar-refractivity contribution in [2.24, 2.45) is 5.84 Å². The number of aromatic nitrogens is 2. The molecule has 5 nitrogen and oxygen atoms in total. The van der Waals surface area contributed by atoms with Crippen molar-refractivity contribution in [3.8, 4) is 0 Å². The Bertz CT molecular complexity index is 622. The van der Waals surface area contributed by atoms with Crippen LogP contribution in [0, 0.1) is 6.92 Å². The number of fused-ring (bicyclic) bond motifs is 1. The molecular weight excluding hydrogens is 282 g/mol. The first-order valence-corrected chi connectivity index (χ1v) is 8.56. The van der Waals surface area contributed by atoms with Crippen LogP contribution in [-0.2, 0) is 0 Å². The molecule has 114 valence electrons. The van der Waals surface area contributed by atoms with E-state index in [9.17, 15) is 0 Å². The molecule has 2 aromatic rings. The standard InChI is InChI=1S/C15H23N5S/c1-3-6-11-7-4-5-8-20(11)13-12-9-10(2)21-14(12)18-15(17-13)19-16/h9,11H,3-8,16H2,1-2H3,(H,17,18,19). The molecule has 0 aliphatic carbocycles. The third kappa shape index (κ3) is 2.82. The van der Waals surface area contributed by atoms with Crippen molar-refractivity contribution < 1.29 is 0 Å². The van der Waals surface area contributed by atoms with Crippen molar-refractivity contribution in [3.05, 3.63) is 10.9 Å². The molecule has 1 unspecified atom stereocenters. The van der Waals surface area contributed by atoms with E-state index in [0.717, 1.165) is 17.2 Å². The van der Waals surface area contributed by atoms with Crippen LogP contribution in [0.1, 0.15) is 43.9 Å². The van der Waals surface area contributed by atoms with Crippen LogP contribution < -0.4 is 16.2 Å². The SMILES string of the molecule is CCCC1CCCCN1c1nc(NN)nc2sc(C)cc12. The number of nitrogens with zero attached hydrogens (tertiary/aromatic N) is 3. The third-order valence-electron chi connectivity index (χ3n) is 4.15. The van der Waals surface area contributed by atoms with Gasteiger partial charge in [0.15, 0.2) is 0 Å². The van der Waals surface area contributed by atoms with Crippen LogP contribution in [0.4, 0.5) is 11.8 Å². The van der Waals surface area contributed by atoms with Gasteiger partial charge in [0, 0.05) is 17.5 Å². The highest BCUT2D eigenvalue weighted by Gasteiger charge is 2.25. The van der Waals surface area contributed by atoms with Crippen LogP contribution in [0.3, 0.4) is 0 Å². The molecule has 3 rings (SSSR count). The Morgan fingerprint density at radius 3 is 3.05 bits per heavy atom. The summed E-state index contributed by atoms with van der Waals surface area (Å²) in [4.78, 5) is 13.9. The number of hydrogen-bond acceptors (Lipinski definition) is 6. The average Bonchev–Trinajstić information content (AvgIpc) is 2.87. The van der Waals surface area contributed by atoms with Crippen LogP contribution >= 0.6 is 11.3 Å². The molecular formula is C15H23N5S. The molecule has 0 bridgehead atoms. The van der Waals surface area contributed by atoms with E-state index in [0.29, 0.717) is 12.0 Å². The van der Waals surface area contributed by atoms with Crippen molar-refractivity contribution in [2.75, 3.05) is 16.9 Å². The molecule has 2 aromatic heterocycles. The molecule has 6 heteroatoms. The first kappa shape index (κ1) is 14.5. The quantitative estimate of drug-likeness (QED) is 0.669. The summed E-state index contributed by atoms with van der Waals surface area (Å²) in [6.45, 7) is 5.45. The smallest absolute Gasteiger partial charge is 0.240 e. The van der Waals surface area contributed by atoms with Gasteiger partial charge in [0.25, 0.3) is 0 Å². The van der Waals surface area contributed by atoms with Crippen molar-refractivity contribution in [3.63, 3.8) is 0 Å². The van der Waals surface area contributed by atoms with E-state index in [-0.39, 0.29) is 0 Å². The highest BCUT2D eigenvalue weighted by Crippen LogP contribution is 2.35. The molecule has 1 saturated heterocycles. The number of nitrogens with two attached hydrogens (primary N) is 1. The Morgan fingerprint density at radius 1 is 1.43 bits per heavy atom. The fraction of sp³-hybridized carbons (Fsp3) is 0.600. The number of hydrogen-bond donors (Lipinski definition) is 2. The molecule has 1 fully saturated rings. The van der Waals surface area contributed by atoms with Gasteiger partial charge in [-0.05, 0) is 38.7 Å². The fourth-order valence-corrected chi connectivity index (χ4v) is 4.10. The van der Waals surface area contributed by atoms with E-state index in [1.807, 2.05) is 0 Å². The molecule has 0 radical (unpaired) electrons. The predicted octanol–water partition coefficient (Wildman–Crippen LogP) is 3.44. The Labute approximate surface area is 129 Å². The van der Waals surface area contributed by atoms with Gasteiger partial charge in [-0.15, -0.1) is 11.3 Å². The Hall–Kier alpha value is -1.40. The Balaban J connectivity index is 2.08. The zero-order chi connectivity index (χ0) is 14.8. The second kappa shape index (κ2) is 6.15. The van der Waals surface area contributed by atoms with E-state index in [2.05, 4.69) is 40.2 Å². The van der Waals surface area contributed by atoms with Gasteiger partial charge >= 0.3 is 0 Å². The minimum atomic E-state index is 0.514. The topological polar surface area (TPSA) is 67.1 Å². The molecule has 3 N–H and O–H groups in total. The average molecular weight is 305 g/mol. The molecule has 0 aromatic carbocycles. The van der Waals surface area contributed by atoms with E-state index in [4.69, 9.17) is 5.84 Å². The van der Waals surface area contributed by atoms with Crippen LogP contribution in [0.5, 0.6) is 0 Å². The van der Waals surface area contributed by atoms with Crippen molar-refractivity contribution in [2.45, 2.75) is 52.0 Å². The maximum absolute atomic E-state index is 5.55. The lowest BCUT2D eigenvalue weighted by Gasteiger charge is -2.37. The third-order valence-corrected chi connectivity index (χ3v) is 5.09. The van der Waals surface area contributed by atoms with Crippen molar-refractivity contribution in [1.82, 2.24) is 9.97 Å². The number of piperidine rings is 1. The minimum absolute atomic E-state index is 0.514. The maximum Gasteiger partial charge on any atom is 0.240 e. The zero-order valence-corrected chi connectivity index (χ0v) is 13.5. The summed E-state index contributed by atoms with van der Waals surface area (Å²) in [7, 11) is 0. The number of hydrazine groups is 1. The van der Waals surface area contributed by atoms with Crippen LogP contribution in [0.15, 0.2) is 6.07 Å². The van der Waals surface area contributed by atoms with E-state index in [1.165, 1.54) is 42.4 Å². The maximum atomic E-state index is 5.55. The Morgan fingerprint density at radius 2 is 2.29 bits per heavy atom. The number of aryl methyl sites for hydroxylation is 1. The summed E-state index contributed by atoms with van der Waals surface area (Å²) in [6, 6.07) is 2.79. The molecule has 21 heavy (non-hydrogen) atoms. The summed E-state index contributed by atoms with van der Waals surface area (Å²) in [5.41, 5.74) is 2.61. The van der Waals surface area contributed by atoms with E-state index < -0.39 is 0 Å². The summed E-state index contributed by atoms with van der Waals surface area (Å²) in [5.74, 6) is 7.12. The summed E-state index contributed by atoms with van der Waals surface area (Å²) < 4.78 is 0. The lowest BCUT2D eigenvalue weighted by Crippen LogP contribution is -2.40. The zero-order valence-electron chi connectivity index (χ0n) is 12.7. The summed E-state index contributed by atoms with van der Waals surface area (Å²) in [5, 5.41) is 1.17. The van der Waals surface area contributed by atoms with Crippen LogP contribution in [0.2, 0.25) is 0 Å². The van der Waals surface area contributed by atoms with Gasteiger partial charge in [0.2, 0.25) is 5.95 Å². The highest BCUT2D eigenvalue weighted by molar-refractivity contribution is 7.18. The number of rotatable bonds is 4. The van der Waals surface area contributed by atoms with Gasteiger partial charge in [-0.2, -0.15) is 4.98 Å². The van der Waals surface area contributed by atoms with Crippen molar-refractivity contribution in [1.29, 1.82) is 0 Å². The molecule has 3 heterocycles. The molecule has 0 saturated carbocycles. The van der Waals surface area contributed by atoms with Gasteiger partial charge in [-0.3, -0.25) is 5.43 Å². The predicted molar refractivity (Wildman–Crippen MR) is 89.9 cm³/mol. The van der Waals surface area contributed by atoms with Crippen LogP contribution in [0.25, 0.3) is 10.2 Å². The number of nitrogen functional groups attached to an aromatic ring is 1. The summed E-state index contributed by atoms with van der Waals surface area (Å²) >= 11 is 1.70. The monoisotopic (exact) mass is 305 g/mol. The molecule has 1 atom stereocenters. The van der Waals surface area contributed by atoms with Crippen LogP contribution in [-0.4, -0.2) is 22.6 Å². The number of nitrogens with one attached hydrogen (secondary N) is 1. The van der Waals surface area contributed by atoms with Gasteiger partial charge in [-0.1, -0.05) is 13.3 Å². The normalized spacial score (nSPS) is 19.2.